The van der Waals surface area contributed by atoms with Gasteiger partial charge in [0.25, 0.3) is 5.91 Å². The first kappa shape index (κ1) is 22.4. The summed E-state index contributed by atoms with van der Waals surface area (Å²) in [5.41, 5.74) is 0.217. The van der Waals surface area contributed by atoms with Gasteiger partial charge in [-0.3, -0.25) is 15.0 Å². The molecule has 1 fully saturated rings. The highest BCUT2D eigenvalue weighted by Crippen LogP contribution is 2.33. The minimum Gasteiger partial charge on any atom is -0.379 e. The van der Waals surface area contributed by atoms with E-state index in [1.54, 1.807) is 0 Å². The second-order valence-electron chi connectivity index (χ2n) is 7.26. The molecule has 1 aliphatic heterocycles. The molecule has 1 aliphatic rings. The van der Waals surface area contributed by atoms with Crippen molar-refractivity contribution in [3.63, 3.8) is 0 Å². The number of rotatable bonds is 5. The van der Waals surface area contributed by atoms with Crippen LogP contribution in [-0.2, 0) is 17.5 Å². The maximum absolute atomic E-state index is 13.9. The fourth-order valence-corrected chi connectivity index (χ4v) is 4.11. The molecular formula is C22H19F4N3O2S. The highest BCUT2D eigenvalue weighted by atomic mass is 32.1. The quantitative estimate of drug-likeness (QED) is 0.536. The molecule has 0 atom stereocenters. The summed E-state index contributed by atoms with van der Waals surface area (Å²) in [5.74, 6) is -1.32. The first-order valence-corrected chi connectivity index (χ1v) is 10.7. The number of nitrogens with one attached hydrogen (secondary N) is 1. The van der Waals surface area contributed by atoms with Gasteiger partial charge in [-0.15, -0.1) is 11.3 Å². The molecule has 4 rings (SSSR count). The molecule has 2 heterocycles. The number of halogens is 4. The number of nitrogens with zero attached hydrogens (tertiary/aromatic N) is 2. The van der Waals surface area contributed by atoms with E-state index in [9.17, 15) is 22.4 Å². The van der Waals surface area contributed by atoms with Gasteiger partial charge in [-0.2, -0.15) is 13.2 Å². The minimum atomic E-state index is -4.53. The first-order valence-electron chi connectivity index (χ1n) is 9.82. The van der Waals surface area contributed by atoms with E-state index in [4.69, 9.17) is 4.74 Å². The number of carbonyl (C=O) groups is 1. The van der Waals surface area contributed by atoms with Gasteiger partial charge in [-0.05, 0) is 35.4 Å². The summed E-state index contributed by atoms with van der Waals surface area (Å²) >= 11 is 1.23. The Balaban J connectivity index is 1.55. The number of alkyl halides is 3. The normalized spacial score (nSPS) is 15.0. The van der Waals surface area contributed by atoms with Gasteiger partial charge in [-0.25, -0.2) is 9.37 Å². The summed E-state index contributed by atoms with van der Waals surface area (Å²) in [4.78, 5) is 19.5. The lowest BCUT2D eigenvalue weighted by Gasteiger charge is -2.25. The molecule has 0 radical (unpaired) electrons. The number of benzene rings is 2. The van der Waals surface area contributed by atoms with Crippen LogP contribution in [0.25, 0.3) is 11.1 Å². The van der Waals surface area contributed by atoms with Gasteiger partial charge in [0.1, 0.15) is 5.82 Å². The Hall–Kier alpha value is -2.82. The molecule has 32 heavy (non-hydrogen) atoms. The predicted octanol–water partition coefficient (Wildman–Crippen LogP) is 5.05. The Morgan fingerprint density at radius 2 is 1.94 bits per heavy atom. The molecule has 2 aromatic carbocycles. The van der Waals surface area contributed by atoms with Crippen LogP contribution >= 0.6 is 11.3 Å². The first-order chi connectivity index (χ1) is 15.3. The average molecular weight is 465 g/mol. The Kier molecular flexibility index (Phi) is 6.54. The van der Waals surface area contributed by atoms with Gasteiger partial charge >= 0.3 is 6.18 Å². The van der Waals surface area contributed by atoms with Crippen LogP contribution in [0.1, 0.15) is 21.6 Å². The molecule has 1 amide bonds. The van der Waals surface area contributed by atoms with Crippen molar-refractivity contribution in [1.82, 2.24) is 9.88 Å². The predicted molar refractivity (Wildman–Crippen MR) is 113 cm³/mol. The van der Waals surface area contributed by atoms with E-state index in [2.05, 4.69) is 15.2 Å². The van der Waals surface area contributed by atoms with Gasteiger partial charge in [0.2, 0.25) is 0 Å². The van der Waals surface area contributed by atoms with Gasteiger partial charge in [0.05, 0.1) is 30.0 Å². The molecule has 10 heteroatoms. The third-order valence-corrected chi connectivity index (χ3v) is 5.80. The van der Waals surface area contributed by atoms with Crippen molar-refractivity contribution in [2.45, 2.75) is 12.7 Å². The minimum absolute atomic E-state index is 0.0748. The van der Waals surface area contributed by atoms with Crippen LogP contribution in [0.3, 0.4) is 0 Å². The number of aromatic nitrogens is 1. The van der Waals surface area contributed by atoms with Gasteiger partial charge in [0, 0.05) is 25.0 Å². The summed E-state index contributed by atoms with van der Waals surface area (Å²) < 4.78 is 58.5. The number of hydrogen-bond acceptors (Lipinski definition) is 5. The molecule has 3 aromatic rings. The van der Waals surface area contributed by atoms with Crippen LogP contribution in [0.5, 0.6) is 0 Å². The second kappa shape index (κ2) is 9.35. The number of amides is 1. The van der Waals surface area contributed by atoms with Crippen molar-refractivity contribution in [2.75, 3.05) is 31.6 Å². The standard InChI is InChI=1S/C22H19F4N3O2S/c23-16-4-5-18(14-2-1-3-15(10-14)22(24,25)26)19(11-16)20(30)28-21-27-17(13-32-21)12-29-6-8-31-9-7-29/h1-5,10-11,13H,6-9,12H2,(H,27,28,30). The summed E-state index contributed by atoms with van der Waals surface area (Å²) in [7, 11) is 0. The fraction of sp³-hybridized carbons (Fsp3) is 0.273. The van der Waals surface area contributed by atoms with Crippen LogP contribution < -0.4 is 5.32 Å². The maximum atomic E-state index is 13.9. The largest absolute Gasteiger partial charge is 0.416 e. The van der Waals surface area contributed by atoms with Crippen LogP contribution in [0.2, 0.25) is 0 Å². The van der Waals surface area contributed by atoms with E-state index in [1.165, 1.54) is 29.5 Å². The van der Waals surface area contributed by atoms with E-state index >= 15 is 0 Å². The summed E-state index contributed by atoms with van der Waals surface area (Å²) in [6.45, 7) is 3.52. The number of thiazole rings is 1. The second-order valence-corrected chi connectivity index (χ2v) is 8.11. The molecule has 0 spiro atoms. The zero-order valence-electron chi connectivity index (χ0n) is 16.8. The third-order valence-electron chi connectivity index (χ3n) is 4.99. The number of anilines is 1. The molecular weight excluding hydrogens is 446 g/mol. The van der Waals surface area contributed by atoms with E-state index in [0.717, 1.165) is 43.0 Å². The summed E-state index contributed by atoms with van der Waals surface area (Å²) in [6.07, 6.45) is -4.53. The molecule has 0 unspecified atom stereocenters. The van der Waals surface area contributed by atoms with Crippen molar-refractivity contribution in [1.29, 1.82) is 0 Å². The van der Waals surface area contributed by atoms with Crippen LogP contribution in [0, 0.1) is 5.82 Å². The van der Waals surface area contributed by atoms with Gasteiger partial charge < -0.3 is 4.74 Å². The smallest absolute Gasteiger partial charge is 0.379 e. The molecule has 168 valence electrons. The van der Waals surface area contributed by atoms with E-state index in [-0.39, 0.29) is 16.7 Å². The lowest BCUT2D eigenvalue weighted by atomic mass is 9.97. The van der Waals surface area contributed by atoms with E-state index in [1.807, 2.05) is 5.38 Å². The molecule has 0 aliphatic carbocycles. The number of hydrogen-bond donors (Lipinski definition) is 1. The maximum Gasteiger partial charge on any atom is 0.416 e. The highest BCUT2D eigenvalue weighted by Gasteiger charge is 2.30. The van der Waals surface area contributed by atoms with Crippen LogP contribution in [0.15, 0.2) is 47.8 Å². The lowest BCUT2D eigenvalue weighted by molar-refractivity contribution is -0.137. The number of carbonyl (C=O) groups excluding carboxylic acids is 1. The molecule has 1 N–H and O–H groups in total. The molecule has 0 bridgehead atoms. The molecule has 0 saturated carbocycles. The zero-order valence-corrected chi connectivity index (χ0v) is 17.6. The zero-order chi connectivity index (χ0) is 22.7. The van der Waals surface area contributed by atoms with Gasteiger partial charge in [0.15, 0.2) is 5.13 Å². The highest BCUT2D eigenvalue weighted by molar-refractivity contribution is 7.14. The molecule has 5 nitrogen and oxygen atoms in total. The number of morpholine rings is 1. The van der Waals surface area contributed by atoms with Crippen molar-refractivity contribution in [2.24, 2.45) is 0 Å². The average Bonchev–Trinajstić information content (AvgIpc) is 3.20. The SMILES string of the molecule is O=C(Nc1nc(CN2CCOCC2)cs1)c1cc(F)ccc1-c1cccc(C(F)(F)F)c1. The Bertz CT molecular complexity index is 1110. The number of ether oxygens (including phenoxy) is 1. The van der Waals surface area contributed by atoms with Crippen molar-refractivity contribution in [3.05, 3.63) is 70.5 Å². The molecule has 1 saturated heterocycles. The van der Waals surface area contributed by atoms with Gasteiger partial charge in [-0.1, -0.05) is 18.2 Å². The molecule has 1 aromatic heterocycles. The lowest BCUT2D eigenvalue weighted by Crippen LogP contribution is -2.35. The summed E-state index contributed by atoms with van der Waals surface area (Å²) in [6, 6.07) is 7.99. The van der Waals surface area contributed by atoms with Crippen molar-refractivity contribution >= 4 is 22.4 Å². The van der Waals surface area contributed by atoms with Crippen molar-refractivity contribution in [3.8, 4) is 11.1 Å². The van der Waals surface area contributed by atoms with E-state index in [0.29, 0.717) is 24.9 Å². The van der Waals surface area contributed by atoms with Crippen LogP contribution in [-0.4, -0.2) is 42.1 Å². The monoisotopic (exact) mass is 465 g/mol. The Morgan fingerprint density at radius 3 is 2.69 bits per heavy atom. The Labute approximate surface area is 185 Å². The topological polar surface area (TPSA) is 54.5 Å². The van der Waals surface area contributed by atoms with E-state index < -0.39 is 23.5 Å². The van der Waals surface area contributed by atoms with Crippen molar-refractivity contribution < 1.29 is 27.1 Å². The summed E-state index contributed by atoms with van der Waals surface area (Å²) in [5, 5.41) is 4.79. The van der Waals surface area contributed by atoms with Crippen LogP contribution in [0.4, 0.5) is 22.7 Å². The fourth-order valence-electron chi connectivity index (χ4n) is 3.41. The third kappa shape index (κ3) is 5.32. The Morgan fingerprint density at radius 1 is 1.16 bits per heavy atom.